The van der Waals surface area contributed by atoms with Gasteiger partial charge >= 0.3 is 0 Å². The quantitative estimate of drug-likeness (QED) is 0.352. The average Bonchev–Trinajstić information content (AvgIpc) is 2.15. The highest BCUT2D eigenvalue weighted by molar-refractivity contribution is 5.12. The van der Waals surface area contributed by atoms with Crippen molar-refractivity contribution in [1.82, 2.24) is 0 Å². The van der Waals surface area contributed by atoms with Crippen LogP contribution >= 0.6 is 0 Å². The van der Waals surface area contributed by atoms with Gasteiger partial charge in [0.2, 0.25) is 0 Å². The van der Waals surface area contributed by atoms with E-state index >= 15 is 0 Å². The summed E-state index contributed by atoms with van der Waals surface area (Å²) in [6.45, 7) is 6.32. The van der Waals surface area contributed by atoms with Gasteiger partial charge in [-0.05, 0) is 34.6 Å². The molecule has 0 bridgehead atoms. The van der Waals surface area contributed by atoms with Crippen molar-refractivity contribution in [3.8, 4) is 0 Å². The van der Waals surface area contributed by atoms with Crippen molar-refractivity contribution >= 4 is 0 Å². The van der Waals surface area contributed by atoms with Gasteiger partial charge < -0.3 is 30.6 Å². The van der Waals surface area contributed by atoms with Crippen LogP contribution < -0.4 is 0 Å². The second-order valence-electron chi connectivity index (χ2n) is 5.14. The van der Waals surface area contributed by atoms with Crippen molar-refractivity contribution in [3.63, 3.8) is 0 Å². The van der Waals surface area contributed by atoms with Crippen LogP contribution in [0, 0.1) is 5.41 Å². The van der Waals surface area contributed by atoms with Crippen molar-refractivity contribution in [2.45, 2.75) is 70.7 Å². The molecule has 6 nitrogen and oxygen atoms in total. The Morgan fingerprint density at radius 2 is 0.778 bits per heavy atom. The van der Waals surface area contributed by atoms with Gasteiger partial charge in [-0.15, -0.1) is 0 Å². The number of aliphatic hydroxyl groups is 6. The predicted molar refractivity (Wildman–Crippen MR) is 65.8 cm³/mol. The minimum absolute atomic E-state index is 1.23. The third-order valence-electron chi connectivity index (χ3n) is 4.04. The molecule has 18 heavy (non-hydrogen) atoms. The van der Waals surface area contributed by atoms with Crippen LogP contribution in [0.5, 0.6) is 0 Å². The van der Waals surface area contributed by atoms with Gasteiger partial charge in [0.25, 0.3) is 0 Å². The molecule has 0 rings (SSSR count). The van der Waals surface area contributed by atoms with Gasteiger partial charge in [0.05, 0.1) is 35.9 Å². The summed E-state index contributed by atoms with van der Waals surface area (Å²) in [5.74, 6) is 0. The summed E-state index contributed by atoms with van der Waals surface area (Å²) in [6.07, 6.45) is -6.99. The molecule has 0 heterocycles. The van der Waals surface area contributed by atoms with E-state index in [1.54, 1.807) is 0 Å². The molecule has 0 aromatic rings. The Balaban J connectivity index is 6.12. The Labute approximate surface area is 108 Å². The van der Waals surface area contributed by atoms with Crippen molar-refractivity contribution in [3.05, 3.63) is 0 Å². The fourth-order valence-electron chi connectivity index (χ4n) is 3.12. The minimum Gasteiger partial charge on any atom is -0.393 e. The van der Waals surface area contributed by atoms with Crippen LogP contribution in [-0.2, 0) is 0 Å². The molecule has 0 fully saturated rings. The van der Waals surface area contributed by atoms with Crippen LogP contribution in [-0.4, -0.2) is 66.8 Å². The van der Waals surface area contributed by atoms with E-state index < -0.39 is 41.5 Å². The lowest BCUT2D eigenvalue weighted by Gasteiger charge is -2.55. The number of hydrogen-bond donors (Lipinski definition) is 6. The summed E-state index contributed by atoms with van der Waals surface area (Å²) in [5.41, 5.74) is -4.14. The summed E-state index contributed by atoms with van der Waals surface area (Å²) in [5, 5.41) is 60.0. The van der Waals surface area contributed by atoms with E-state index in [4.69, 9.17) is 0 Å². The monoisotopic (exact) mass is 266 g/mol. The summed E-state index contributed by atoms with van der Waals surface area (Å²) in [4.78, 5) is 0. The first-order valence-corrected chi connectivity index (χ1v) is 6.09. The summed E-state index contributed by atoms with van der Waals surface area (Å²) < 4.78 is 0. The van der Waals surface area contributed by atoms with Crippen molar-refractivity contribution < 1.29 is 30.6 Å². The summed E-state index contributed by atoms with van der Waals surface area (Å²) in [6, 6.07) is 0. The molecule has 0 saturated carbocycles. The third kappa shape index (κ3) is 2.29. The van der Waals surface area contributed by atoms with Crippen LogP contribution in [0.25, 0.3) is 0 Å². The van der Waals surface area contributed by atoms with E-state index in [0.717, 1.165) is 0 Å². The molecule has 5 atom stereocenters. The standard InChI is InChI=1S/C12H26O6/c1-6(13)11(7(2)14,8(3)15)12(18,9(4)16)10(5)17/h6-10,13-18H,1-5H3. The zero-order valence-electron chi connectivity index (χ0n) is 11.6. The van der Waals surface area contributed by atoms with E-state index in [1.807, 2.05) is 0 Å². The maximum absolute atomic E-state index is 10.6. The molecule has 0 aromatic heterocycles. The van der Waals surface area contributed by atoms with E-state index in [1.165, 1.54) is 34.6 Å². The molecule has 0 radical (unpaired) electrons. The molecule has 0 aliphatic carbocycles. The molecule has 0 aliphatic heterocycles. The normalized spacial score (nSPS) is 27.5. The van der Waals surface area contributed by atoms with Crippen LogP contribution in [0.3, 0.4) is 0 Å². The fraction of sp³-hybridized carbons (Fsp3) is 1.00. The van der Waals surface area contributed by atoms with E-state index in [2.05, 4.69) is 0 Å². The highest BCUT2D eigenvalue weighted by Crippen LogP contribution is 2.46. The molecule has 0 saturated heterocycles. The maximum Gasteiger partial charge on any atom is 0.129 e. The smallest absolute Gasteiger partial charge is 0.129 e. The van der Waals surface area contributed by atoms with Crippen molar-refractivity contribution in [2.24, 2.45) is 5.41 Å². The lowest BCUT2D eigenvalue weighted by Crippen LogP contribution is -2.72. The van der Waals surface area contributed by atoms with Crippen LogP contribution in [0.1, 0.15) is 34.6 Å². The Morgan fingerprint density at radius 1 is 0.556 bits per heavy atom. The van der Waals surface area contributed by atoms with Crippen molar-refractivity contribution in [2.75, 3.05) is 0 Å². The minimum atomic E-state index is -2.26. The molecule has 0 aromatic carbocycles. The largest absolute Gasteiger partial charge is 0.393 e. The Morgan fingerprint density at radius 3 is 0.833 bits per heavy atom. The van der Waals surface area contributed by atoms with Gasteiger partial charge in [0.15, 0.2) is 0 Å². The molecule has 110 valence electrons. The Kier molecular flexibility index (Phi) is 5.74. The van der Waals surface area contributed by atoms with Crippen LogP contribution in [0.2, 0.25) is 0 Å². The van der Waals surface area contributed by atoms with Crippen molar-refractivity contribution in [1.29, 1.82) is 0 Å². The SMILES string of the molecule is CC(O)C(O)(C(C)O)C(C(C)O)(C(C)O)C(C)O. The molecular formula is C12H26O6. The van der Waals surface area contributed by atoms with E-state index in [-0.39, 0.29) is 0 Å². The molecule has 6 N–H and O–H groups in total. The fourth-order valence-corrected chi connectivity index (χ4v) is 3.12. The average molecular weight is 266 g/mol. The number of rotatable bonds is 6. The summed E-state index contributed by atoms with van der Waals surface area (Å²) in [7, 11) is 0. The maximum atomic E-state index is 10.6. The van der Waals surface area contributed by atoms with Crippen LogP contribution in [0.4, 0.5) is 0 Å². The highest BCUT2D eigenvalue weighted by Gasteiger charge is 2.64. The van der Waals surface area contributed by atoms with Gasteiger partial charge in [-0.2, -0.15) is 0 Å². The van der Waals surface area contributed by atoms with Gasteiger partial charge in [-0.25, -0.2) is 0 Å². The zero-order chi connectivity index (χ0) is 14.9. The molecule has 5 unspecified atom stereocenters. The summed E-state index contributed by atoms with van der Waals surface area (Å²) >= 11 is 0. The predicted octanol–water partition coefficient (Wildman–Crippen LogP) is -1.39. The van der Waals surface area contributed by atoms with E-state index in [9.17, 15) is 30.6 Å². The first kappa shape index (κ1) is 17.8. The topological polar surface area (TPSA) is 121 Å². The highest BCUT2D eigenvalue weighted by atomic mass is 16.4. The second-order valence-corrected chi connectivity index (χ2v) is 5.14. The van der Waals surface area contributed by atoms with E-state index in [0.29, 0.717) is 0 Å². The van der Waals surface area contributed by atoms with Crippen LogP contribution in [0.15, 0.2) is 0 Å². The lowest BCUT2D eigenvalue weighted by molar-refractivity contribution is -0.286. The number of hydrogen-bond acceptors (Lipinski definition) is 6. The third-order valence-corrected chi connectivity index (χ3v) is 4.04. The van der Waals surface area contributed by atoms with Gasteiger partial charge in [0.1, 0.15) is 5.60 Å². The molecule has 0 aliphatic rings. The molecule has 0 spiro atoms. The zero-order valence-corrected chi connectivity index (χ0v) is 11.6. The molecule has 0 amide bonds. The lowest BCUT2D eigenvalue weighted by atomic mass is 9.58. The second kappa shape index (κ2) is 5.81. The molecular weight excluding hydrogens is 240 g/mol. The van der Waals surface area contributed by atoms with Gasteiger partial charge in [0, 0.05) is 0 Å². The van der Waals surface area contributed by atoms with Gasteiger partial charge in [-0.3, -0.25) is 0 Å². The molecule has 6 heteroatoms. The Hall–Kier alpha value is -0.240. The number of aliphatic hydroxyl groups excluding tert-OH is 5. The van der Waals surface area contributed by atoms with Gasteiger partial charge in [-0.1, -0.05) is 0 Å². The Bertz CT molecular complexity index is 230. The first-order chi connectivity index (χ1) is 7.97. The first-order valence-electron chi connectivity index (χ1n) is 6.09.